The first-order chi connectivity index (χ1) is 9.47. The van der Waals surface area contributed by atoms with Crippen molar-refractivity contribution in [3.8, 4) is 0 Å². The summed E-state index contributed by atoms with van der Waals surface area (Å²) < 4.78 is 0.613. The van der Waals surface area contributed by atoms with Crippen LogP contribution in [-0.2, 0) is 0 Å². The smallest absolute Gasteiger partial charge is 0.312 e. The van der Waals surface area contributed by atoms with E-state index in [9.17, 15) is 10.1 Å². The number of hydrogen-bond acceptors (Lipinski definition) is 5. The Labute approximate surface area is 126 Å². The zero-order chi connectivity index (χ0) is 14.7. The van der Waals surface area contributed by atoms with Crippen molar-refractivity contribution in [1.82, 2.24) is 9.88 Å². The third kappa shape index (κ3) is 3.67. The number of pyridine rings is 1. The second-order valence-electron chi connectivity index (χ2n) is 5.40. The molecule has 1 aromatic rings. The van der Waals surface area contributed by atoms with Crippen molar-refractivity contribution < 1.29 is 4.92 Å². The van der Waals surface area contributed by atoms with Crippen LogP contribution in [0.5, 0.6) is 0 Å². The van der Waals surface area contributed by atoms with Gasteiger partial charge in [0, 0.05) is 35.9 Å². The highest BCUT2D eigenvalue weighted by Crippen LogP contribution is 2.26. The van der Waals surface area contributed by atoms with Gasteiger partial charge in [0.25, 0.3) is 0 Å². The first-order valence-corrected chi connectivity index (χ1v) is 7.54. The molecule has 0 aliphatic carbocycles. The van der Waals surface area contributed by atoms with Crippen LogP contribution in [0, 0.1) is 16.0 Å². The van der Waals surface area contributed by atoms with E-state index in [4.69, 9.17) is 0 Å². The van der Waals surface area contributed by atoms with E-state index in [0.717, 1.165) is 26.1 Å². The Kier molecular flexibility index (Phi) is 4.93. The largest absolute Gasteiger partial charge is 0.364 e. The van der Waals surface area contributed by atoms with Crippen molar-refractivity contribution in [2.24, 2.45) is 5.92 Å². The van der Waals surface area contributed by atoms with E-state index < -0.39 is 4.92 Å². The first-order valence-electron chi connectivity index (χ1n) is 6.75. The molecule has 0 saturated carbocycles. The highest BCUT2D eigenvalue weighted by molar-refractivity contribution is 9.10. The number of anilines is 1. The Balaban J connectivity index is 1.96. The van der Waals surface area contributed by atoms with Gasteiger partial charge >= 0.3 is 5.69 Å². The summed E-state index contributed by atoms with van der Waals surface area (Å²) in [5.41, 5.74) is 0.0121. The lowest BCUT2D eigenvalue weighted by Crippen LogP contribution is -2.29. The van der Waals surface area contributed by atoms with Crippen LogP contribution >= 0.6 is 15.9 Å². The maximum Gasteiger partial charge on any atom is 0.312 e. The molecule has 2 rings (SSSR count). The second-order valence-corrected chi connectivity index (χ2v) is 6.32. The highest BCUT2D eigenvalue weighted by atomic mass is 79.9. The molecule has 1 saturated heterocycles. The Morgan fingerprint density at radius 2 is 2.40 bits per heavy atom. The molecule has 0 bridgehead atoms. The van der Waals surface area contributed by atoms with Gasteiger partial charge in [-0.3, -0.25) is 10.1 Å². The molecule has 1 unspecified atom stereocenters. The van der Waals surface area contributed by atoms with E-state index in [1.807, 2.05) is 0 Å². The molecule has 0 radical (unpaired) electrons. The summed E-state index contributed by atoms with van der Waals surface area (Å²) in [6.07, 6.45) is 2.69. The molecule has 0 spiro atoms. The van der Waals surface area contributed by atoms with Gasteiger partial charge in [0.15, 0.2) is 0 Å². The van der Waals surface area contributed by atoms with Crippen LogP contribution in [0.2, 0.25) is 0 Å². The van der Waals surface area contributed by atoms with E-state index in [1.165, 1.54) is 6.07 Å². The normalized spacial score (nSPS) is 19.5. The van der Waals surface area contributed by atoms with Crippen LogP contribution in [0.25, 0.3) is 0 Å². The number of nitrogens with one attached hydrogen (secondary N) is 1. The van der Waals surface area contributed by atoms with E-state index >= 15 is 0 Å². The van der Waals surface area contributed by atoms with Gasteiger partial charge in [-0.1, -0.05) is 0 Å². The van der Waals surface area contributed by atoms with Crippen molar-refractivity contribution in [2.45, 2.75) is 26.3 Å². The number of halogens is 1. The molecule has 6 nitrogen and oxygen atoms in total. The number of likely N-dealkylation sites (tertiary alicyclic amines) is 1. The van der Waals surface area contributed by atoms with Gasteiger partial charge in [0.2, 0.25) is 5.82 Å². The third-order valence-electron chi connectivity index (χ3n) is 3.64. The zero-order valence-corrected chi connectivity index (χ0v) is 13.3. The van der Waals surface area contributed by atoms with Crippen LogP contribution in [0.4, 0.5) is 11.5 Å². The fraction of sp³-hybridized carbons (Fsp3) is 0.615. The minimum absolute atomic E-state index is 0.0121. The lowest BCUT2D eigenvalue weighted by molar-refractivity contribution is -0.384. The van der Waals surface area contributed by atoms with Crippen LogP contribution < -0.4 is 5.32 Å². The summed E-state index contributed by atoms with van der Waals surface area (Å²) in [5, 5.41) is 14.1. The number of hydrogen-bond donors (Lipinski definition) is 1. The van der Waals surface area contributed by atoms with E-state index in [0.29, 0.717) is 22.3 Å². The number of nitro groups is 1. The van der Waals surface area contributed by atoms with Crippen molar-refractivity contribution in [3.63, 3.8) is 0 Å². The van der Waals surface area contributed by atoms with Gasteiger partial charge in [-0.15, -0.1) is 0 Å². The fourth-order valence-corrected chi connectivity index (χ4v) is 2.76. The van der Waals surface area contributed by atoms with Gasteiger partial charge in [0.05, 0.1) is 4.92 Å². The van der Waals surface area contributed by atoms with Crippen LogP contribution in [0.15, 0.2) is 16.7 Å². The predicted molar refractivity (Wildman–Crippen MR) is 81.9 cm³/mol. The topological polar surface area (TPSA) is 71.3 Å². The quantitative estimate of drug-likeness (QED) is 0.657. The number of rotatable bonds is 5. The summed E-state index contributed by atoms with van der Waals surface area (Å²) in [7, 11) is 0. The predicted octanol–water partition coefficient (Wildman–Crippen LogP) is 2.89. The molecular weight excluding hydrogens is 324 g/mol. The Morgan fingerprint density at radius 1 is 1.65 bits per heavy atom. The summed E-state index contributed by atoms with van der Waals surface area (Å²) in [6, 6.07) is 2.03. The molecule has 110 valence electrons. The van der Waals surface area contributed by atoms with Gasteiger partial charge in [-0.25, -0.2) is 4.98 Å². The second kappa shape index (κ2) is 6.49. The lowest BCUT2D eigenvalue weighted by atomic mass is 10.1. The molecular formula is C13H19BrN4O2. The average molecular weight is 343 g/mol. The van der Waals surface area contributed by atoms with Crippen molar-refractivity contribution >= 4 is 27.4 Å². The van der Waals surface area contributed by atoms with E-state index in [-0.39, 0.29) is 5.69 Å². The highest BCUT2D eigenvalue weighted by Gasteiger charge is 2.25. The minimum Gasteiger partial charge on any atom is -0.364 e. The molecule has 1 aromatic heterocycles. The number of nitrogens with zero attached hydrogens (tertiary/aromatic N) is 3. The fourth-order valence-electron chi connectivity index (χ4n) is 2.44. The van der Waals surface area contributed by atoms with Crippen LogP contribution in [0.1, 0.15) is 20.3 Å². The molecule has 1 fully saturated rings. The van der Waals surface area contributed by atoms with Crippen molar-refractivity contribution in [2.75, 3.05) is 25.0 Å². The molecule has 0 aromatic carbocycles. The molecule has 20 heavy (non-hydrogen) atoms. The summed E-state index contributed by atoms with van der Waals surface area (Å²) in [5.74, 6) is 0.864. The Hall–Kier alpha value is -1.21. The Bertz CT molecular complexity index is 495. The van der Waals surface area contributed by atoms with Gasteiger partial charge < -0.3 is 10.2 Å². The van der Waals surface area contributed by atoms with E-state index in [1.54, 1.807) is 6.20 Å². The van der Waals surface area contributed by atoms with E-state index in [2.05, 4.69) is 45.0 Å². The summed E-state index contributed by atoms with van der Waals surface area (Å²) >= 11 is 3.20. The molecule has 0 amide bonds. The standard InChI is InChI=1S/C13H19BrN4O2/c1-9(2)17-4-3-10(8-17)6-15-13-12(18(19)20)5-11(14)7-16-13/h5,7,9-10H,3-4,6,8H2,1-2H3,(H,15,16). The Morgan fingerprint density at radius 3 is 3.00 bits per heavy atom. The van der Waals surface area contributed by atoms with Crippen LogP contribution in [0.3, 0.4) is 0 Å². The monoisotopic (exact) mass is 342 g/mol. The summed E-state index contributed by atoms with van der Waals surface area (Å²) in [4.78, 5) is 17.1. The van der Waals surface area contributed by atoms with Crippen molar-refractivity contribution in [1.29, 1.82) is 0 Å². The molecule has 1 aliphatic heterocycles. The molecule has 1 atom stereocenters. The molecule has 2 heterocycles. The zero-order valence-electron chi connectivity index (χ0n) is 11.7. The maximum absolute atomic E-state index is 11.0. The summed E-state index contributed by atoms with van der Waals surface area (Å²) in [6.45, 7) is 7.24. The molecule has 1 aliphatic rings. The minimum atomic E-state index is -0.408. The third-order valence-corrected chi connectivity index (χ3v) is 4.07. The lowest BCUT2D eigenvalue weighted by Gasteiger charge is -2.20. The number of aromatic nitrogens is 1. The first kappa shape index (κ1) is 15.2. The molecule has 1 N–H and O–H groups in total. The molecule has 7 heteroatoms. The SMILES string of the molecule is CC(C)N1CCC(CNc2ncc(Br)cc2[N+](=O)[O-])C1. The van der Waals surface area contributed by atoms with Gasteiger partial charge in [-0.05, 0) is 48.7 Å². The maximum atomic E-state index is 11.0. The average Bonchev–Trinajstić information content (AvgIpc) is 2.86. The van der Waals surface area contributed by atoms with Crippen LogP contribution in [-0.4, -0.2) is 40.5 Å². The van der Waals surface area contributed by atoms with Gasteiger partial charge in [0.1, 0.15) is 0 Å². The van der Waals surface area contributed by atoms with Crippen molar-refractivity contribution in [3.05, 3.63) is 26.9 Å². The van der Waals surface area contributed by atoms with Gasteiger partial charge in [-0.2, -0.15) is 0 Å².